The number of aromatic nitrogens is 2. The Balaban J connectivity index is 2.02. The summed E-state index contributed by atoms with van der Waals surface area (Å²) >= 11 is 0. The van der Waals surface area contributed by atoms with Gasteiger partial charge in [0.2, 0.25) is 0 Å². The lowest BCUT2D eigenvalue weighted by atomic mass is 10.1. The molecule has 1 unspecified atom stereocenters. The molecule has 0 radical (unpaired) electrons. The zero-order valence-electron chi connectivity index (χ0n) is 12.8. The first-order chi connectivity index (χ1) is 10.2. The number of piperazine rings is 1. The molecule has 1 fully saturated rings. The molecule has 2 rings (SSSR count). The van der Waals surface area contributed by atoms with Crippen molar-refractivity contribution in [1.82, 2.24) is 14.9 Å². The summed E-state index contributed by atoms with van der Waals surface area (Å²) in [4.78, 5) is 23.2. The summed E-state index contributed by atoms with van der Waals surface area (Å²) in [5, 5.41) is 9.23. The van der Waals surface area contributed by atoms with E-state index < -0.39 is 0 Å². The Morgan fingerprint density at radius 1 is 1.38 bits per heavy atom. The van der Waals surface area contributed by atoms with Crippen molar-refractivity contribution in [2.75, 3.05) is 31.1 Å². The van der Waals surface area contributed by atoms with Crippen molar-refractivity contribution in [3.8, 4) is 6.07 Å². The van der Waals surface area contributed by atoms with E-state index >= 15 is 0 Å². The number of aryl methyl sites for hydroxylation is 1. The molecule has 2 heterocycles. The van der Waals surface area contributed by atoms with E-state index in [4.69, 9.17) is 0 Å². The van der Waals surface area contributed by atoms with Crippen LogP contribution < -0.4 is 10.5 Å². The van der Waals surface area contributed by atoms with Crippen molar-refractivity contribution in [3.63, 3.8) is 0 Å². The minimum atomic E-state index is -0.0971. The predicted octanol–water partition coefficient (Wildman–Crippen LogP) is 1.15. The second-order valence-electron chi connectivity index (χ2n) is 5.36. The Morgan fingerprint density at radius 3 is 2.67 bits per heavy atom. The van der Waals surface area contributed by atoms with Crippen LogP contribution in [0, 0.1) is 11.3 Å². The van der Waals surface area contributed by atoms with Crippen molar-refractivity contribution in [1.29, 1.82) is 5.26 Å². The van der Waals surface area contributed by atoms with Gasteiger partial charge in [0.1, 0.15) is 11.6 Å². The van der Waals surface area contributed by atoms with Gasteiger partial charge in [-0.2, -0.15) is 5.26 Å². The van der Waals surface area contributed by atoms with Gasteiger partial charge < -0.3 is 9.88 Å². The van der Waals surface area contributed by atoms with Crippen LogP contribution in [0.3, 0.4) is 0 Å². The van der Waals surface area contributed by atoms with Gasteiger partial charge in [0.05, 0.1) is 12.1 Å². The van der Waals surface area contributed by atoms with Gasteiger partial charge in [-0.1, -0.05) is 20.3 Å². The number of rotatable bonds is 5. The number of nitriles is 1. The fourth-order valence-electron chi connectivity index (χ4n) is 2.69. The SMILES string of the molecule is CCCC(C#N)N1CCN(c2cc(=O)[nH]c(CC)n2)CC1. The summed E-state index contributed by atoms with van der Waals surface area (Å²) in [6.45, 7) is 7.38. The summed E-state index contributed by atoms with van der Waals surface area (Å²) in [5.41, 5.74) is -0.0971. The maximum absolute atomic E-state index is 11.6. The summed E-state index contributed by atoms with van der Waals surface area (Å²) in [6, 6.07) is 3.96. The van der Waals surface area contributed by atoms with Crippen LogP contribution >= 0.6 is 0 Å². The first-order valence-corrected chi connectivity index (χ1v) is 7.66. The van der Waals surface area contributed by atoms with Crippen LogP contribution in [-0.4, -0.2) is 47.1 Å². The van der Waals surface area contributed by atoms with E-state index in [0.717, 1.165) is 57.1 Å². The highest BCUT2D eigenvalue weighted by Gasteiger charge is 2.24. The highest BCUT2D eigenvalue weighted by atomic mass is 16.1. The Labute approximate surface area is 125 Å². The third-order valence-corrected chi connectivity index (χ3v) is 3.90. The lowest BCUT2D eigenvalue weighted by Crippen LogP contribution is -2.50. The van der Waals surface area contributed by atoms with Crippen LogP contribution in [0.5, 0.6) is 0 Å². The van der Waals surface area contributed by atoms with E-state index in [1.54, 1.807) is 6.07 Å². The third kappa shape index (κ3) is 3.82. The van der Waals surface area contributed by atoms with Crippen molar-refractivity contribution >= 4 is 5.82 Å². The first-order valence-electron chi connectivity index (χ1n) is 7.66. The highest BCUT2D eigenvalue weighted by molar-refractivity contribution is 5.38. The van der Waals surface area contributed by atoms with Crippen LogP contribution in [0.1, 0.15) is 32.5 Å². The third-order valence-electron chi connectivity index (χ3n) is 3.90. The molecule has 114 valence electrons. The molecule has 0 aliphatic carbocycles. The number of aromatic amines is 1. The van der Waals surface area contributed by atoms with Crippen molar-refractivity contribution in [2.24, 2.45) is 0 Å². The molecule has 1 atom stereocenters. The molecule has 1 N–H and O–H groups in total. The second kappa shape index (κ2) is 7.23. The Hall–Kier alpha value is -1.87. The lowest BCUT2D eigenvalue weighted by Gasteiger charge is -2.37. The van der Waals surface area contributed by atoms with E-state index in [9.17, 15) is 10.1 Å². The van der Waals surface area contributed by atoms with Crippen LogP contribution in [0.25, 0.3) is 0 Å². The highest BCUT2D eigenvalue weighted by Crippen LogP contribution is 2.15. The molecule has 0 saturated carbocycles. The standard InChI is InChI=1S/C15H23N5O/c1-3-5-12(11-16)19-6-8-20(9-7-19)14-10-15(21)18-13(4-2)17-14/h10,12H,3-9H2,1-2H3,(H,17,18,21). The fraction of sp³-hybridized carbons (Fsp3) is 0.667. The van der Waals surface area contributed by atoms with E-state index in [1.165, 1.54) is 0 Å². The second-order valence-corrected chi connectivity index (χ2v) is 5.36. The van der Waals surface area contributed by atoms with Gasteiger partial charge >= 0.3 is 0 Å². The first kappa shape index (κ1) is 15.5. The molecule has 0 amide bonds. The predicted molar refractivity (Wildman–Crippen MR) is 82.3 cm³/mol. The molecular formula is C15H23N5O. The fourth-order valence-corrected chi connectivity index (χ4v) is 2.69. The average Bonchev–Trinajstić information content (AvgIpc) is 2.52. The number of nitrogens with zero attached hydrogens (tertiary/aromatic N) is 4. The summed E-state index contributed by atoms with van der Waals surface area (Å²) in [6.07, 6.45) is 2.66. The van der Waals surface area contributed by atoms with Gasteiger partial charge in [0.15, 0.2) is 0 Å². The van der Waals surface area contributed by atoms with Crippen molar-refractivity contribution in [2.45, 2.75) is 39.2 Å². The number of hydrogen-bond acceptors (Lipinski definition) is 5. The van der Waals surface area contributed by atoms with Crippen LogP contribution in [-0.2, 0) is 6.42 Å². The largest absolute Gasteiger partial charge is 0.354 e. The maximum Gasteiger partial charge on any atom is 0.252 e. The number of nitrogens with one attached hydrogen (secondary N) is 1. The molecule has 1 aliphatic rings. The summed E-state index contributed by atoms with van der Waals surface area (Å²) < 4.78 is 0. The topological polar surface area (TPSA) is 76.0 Å². The maximum atomic E-state index is 11.6. The quantitative estimate of drug-likeness (QED) is 0.880. The number of anilines is 1. The van der Waals surface area contributed by atoms with E-state index in [-0.39, 0.29) is 11.6 Å². The summed E-state index contributed by atoms with van der Waals surface area (Å²) in [5.74, 6) is 1.47. The molecule has 0 bridgehead atoms. The van der Waals surface area contributed by atoms with Gasteiger partial charge in [0, 0.05) is 38.7 Å². The average molecular weight is 289 g/mol. The van der Waals surface area contributed by atoms with Crippen molar-refractivity contribution in [3.05, 3.63) is 22.2 Å². The molecule has 1 aliphatic heterocycles. The summed E-state index contributed by atoms with van der Waals surface area (Å²) in [7, 11) is 0. The zero-order chi connectivity index (χ0) is 15.2. The van der Waals surface area contributed by atoms with Gasteiger partial charge in [-0.25, -0.2) is 4.98 Å². The zero-order valence-corrected chi connectivity index (χ0v) is 12.8. The minimum absolute atomic E-state index is 0.00971. The molecule has 6 nitrogen and oxygen atoms in total. The Kier molecular flexibility index (Phi) is 5.34. The number of H-pyrrole nitrogens is 1. The monoisotopic (exact) mass is 289 g/mol. The van der Waals surface area contributed by atoms with Crippen molar-refractivity contribution < 1.29 is 0 Å². The molecule has 0 spiro atoms. The molecule has 1 aromatic heterocycles. The number of hydrogen-bond donors (Lipinski definition) is 1. The minimum Gasteiger partial charge on any atom is -0.354 e. The molecule has 6 heteroatoms. The Bertz CT molecular complexity index is 554. The molecular weight excluding hydrogens is 266 g/mol. The van der Waals surface area contributed by atoms with Gasteiger partial charge in [-0.15, -0.1) is 0 Å². The van der Waals surface area contributed by atoms with E-state index in [0.29, 0.717) is 0 Å². The van der Waals surface area contributed by atoms with Crippen LogP contribution in [0.4, 0.5) is 5.82 Å². The smallest absolute Gasteiger partial charge is 0.252 e. The normalized spacial score (nSPS) is 17.5. The van der Waals surface area contributed by atoms with Crippen LogP contribution in [0.2, 0.25) is 0 Å². The molecule has 21 heavy (non-hydrogen) atoms. The van der Waals surface area contributed by atoms with E-state index in [2.05, 4.69) is 32.8 Å². The lowest BCUT2D eigenvalue weighted by molar-refractivity contribution is 0.211. The van der Waals surface area contributed by atoms with Gasteiger partial charge in [-0.05, 0) is 6.42 Å². The molecule has 1 saturated heterocycles. The molecule has 1 aromatic rings. The van der Waals surface area contributed by atoms with Crippen LogP contribution in [0.15, 0.2) is 10.9 Å². The Morgan fingerprint density at radius 2 is 2.10 bits per heavy atom. The van der Waals surface area contributed by atoms with E-state index in [1.807, 2.05) is 6.92 Å². The molecule has 0 aromatic carbocycles. The van der Waals surface area contributed by atoms with Gasteiger partial charge in [-0.3, -0.25) is 9.69 Å². The van der Waals surface area contributed by atoms with Gasteiger partial charge in [0.25, 0.3) is 5.56 Å².